The quantitative estimate of drug-likeness (QED) is 0.322. The smallest absolute Gasteiger partial charge is 0.0166 e. The van der Waals surface area contributed by atoms with Crippen molar-refractivity contribution in [3.05, 3.63) is 0 Å². The van der Waals surface area contributed by atoms with Crippen LogP contribution in [-0.4, -0.2) is 3.42 Å². The van der Waals surface area contributed by atoms with Crippen molar-refractivity contribution >= 4 is 22.6 Å². The molecule has 0 spiro atoms. The molecule has 0 aromatic heterocycles. The SMILES string of the molecule is CCCCCCCCCC(C)(C)I. The van der Waals surface area contributed by atoms with Crippen LogP contribution in [0.2, 0.25) is 0 Å². The van der Waals surface area contributed by atoms with Gasteiger partial charge in [-0.1, -0.05) is 88.3 Å². The van der Waals surface area contributed by atoms with Gasteiger partial charge in [0.2, 0.25) is 0 Å². The van der Waals surface area contributed by atoms with Gasteiger partial charge in [0.05, 0.1) is 0 Å². The van der Waals surface area contributed by atoms with Crippen molar-refractivity contribution in [3.63, 3.8) is 0 Å². The molecule has 0 bridgehead atoms. The summed E-state index contributed by atoms with van der Waals surface area (Å²) in [6, 6.07) is 0. The molecule has 0 nitrogen and oxygen atoms in total. The second-order valence-corrected chi connectivity index (χ2v) is 7.51. The fraction of sp³-hybridized carbons (Fsp3) is 1.00. The first-order valence-corrected chi connectivity index (χ1v) is 6.83. The molecule has 0 aliphatic carbocycles. The van der Waals surface area contributed by atoms with Crippen LogP contribution in [0.5, 0.6) is 0 Å². The fourth-order valence-electron chi connectivity index (χ4n) is 1.50. The zero-order chi connectivity index (χ0) is 10.2. The van der Waals surface area contributed by atoms with Crippen molar-refractivity contribution in [3.8, 4) is 0 Å². The van der Waals surface area contributed by atoms with E-state index < -0.39 is 0 Å². The Morgan fingerprint density at radius 3 is 1.77 bits per heavy atom. The van der Waals surface area contributed by atoms with Gasteiger partial charge in [-0.2, -0.15) is 0 Å². The van der Waals surface area contributed by atoms with Crippen LogP contribution in [0.3, 0.4) is 0 Å². The van der Waals surface area contributed by atoms with E-state index in [-0.39, 0.29) is 0 Å². The summed E-state index contributed by atoms with van der Waals surface area (Å²) in [4.78, 5) is 0. The average molecular weight is 296 g/mol. The Hall–Kier alpha value is 0.730. The van der Waals surface area contributed by atoms with E-state index in [2.05, 4.69) is 43.4 Å². The molecule has 0 aromatic carbocycles. The van der Waals surface area contributed by atoms with E-state index in [1.165, 1.54) is 51.4 Å². The van der Waals surface area contributed by atoms with Gasteiger partial charge in [-0.25, -0.2) is 0 Å². The summed E-state index contributed by atoms with van der Waals surface area (Å²) < 4.78 is 0.515. The predicted molar refractivity (Wildman–Crippen MR) is 70.7 cm³/mol. The van der Waals surface area contributed by atoms with Gasteiger partial charge in [0.25, 0.3) is 0 Å². The molecular weight excluding hydrogens is 271 g/mol. The second-order valence-electron chi connectivity index (χ2n) is 4.59. The number of hydrogen-bond donors (Lipinski definition) is 0. The van der Waals surface area contributed by atoms with E-state index in [0.717, 1.165) is 0 Å². The maximum absolute atomic E-state index is 2.55. The van der Waals surface area contributed by atoms with Crippen molar-refractivity contribution < 1.29 is 0 Å². The summed E-state index contributed by atoms with van der Waals surface area (Å²) in [6.45, 7) is 6.92. The number of hydrogen-bond acceptors (Lipinski definition) is 0. The lowest BCUT2D eigenvalue weighted by Gasteiger charge is -2.15. The molecule has 1 heteroatoms. The standard InChI is InChI=1S/C12H25I/c1-4-5-6-7-8-9-10-11-12(2,3)13/h4-11H2,1-3H3. The van der Waals surface area contributed by atoms with Crippen LogP contribution in [0.15, 0.2) is 0 Å². The van der Waals surface area contributed by atoms with Gasteiger partial charge in [0.1, 0.15) is 0 Å². The highest BCUT2D eigenvalue weighted by Gasteiger charge is 2.10. The molecule has 0 atom stereocenters. The summed E-state index contributed by atoms with van der Waals surface area (Å²) in [7, 11) is 0. The number of unbranched alkanes of at least 4 members (excludes halogenated alkanes) is 6. The Balaban J connectivity index is 3.00. The largest absolute Gasteiger partial charge is 0.0795 e. The summed E-state index contributed by atoms with van der Waals surface area (Å²) in [5.41, 5.74) is 0. The maximum atomic E-state index is 2.55. The van der Waals surface area contributed by atoms with Crippen molar-refractivity contribution in [1.82, 2.24) is 0 Å². The number of alkyl halides is 1. The Kier molecular flexibility index (Phi) is 8.53. The second kappa shape index (κ2) is 8.07. The fourth-order valence-corrected chi connectivity index (χ4v) is 1.88. The molecular formula is C12H25I. The molecule has 0 rings (SSSR count). The summed E-state index contributed by atoms with van der Waals surface area (Å²) in [5, 5.41) is 0. The van der Waals surface area contributed by atoms with E-state index in [9.17, 15) is 0 Å². The highest BCUT2D eigenvalue weighted by atomic mass is 127. The topological polar surface area (TPSA) is 0 Å². The highest BCUT2D eigenvalue weighted by Crippen LogP contribution is 2.24. The zero-order valence-electron chi connectivity index (χ0n) is 9.53. The highest BCUT2D eigenvalue weighted by molar-refractivity contribution is 14.1. The molecule has 0 aliphatic heterocycles. The molecule has 0 unspecified atom stereocenters. The van der Waals surface area contributed by atoms with Gasteiger partial charge in [0, 0.05) is 3.42 Å². The third-order valence-corrected chi connectivity index (χ3v) is 2.91. The normalized spacial score (nSPS) is 12.0. The van der Waals surface area contributed by atoms with Crippen molar-refractivity contribution in [1.29, 1.82) is 0 Å². The Bertz CT molecular complexity index is 102. The molecule has 0 N–H and O–H groups in total. The van der Waals surface area contributed by atoms with E-state index in [1.807, 2.05) is 0 Å². The monoisotopic (exact) mass is 296 g/mol. The molecule has 0 heterocycles. The zero-order valence-corrected chi connectivity index (χ0v) is 11.7. The average Bonchev–Trinajstić information content (AvgIpc) is 2.01. The first-order chi connectivity index (χ1) is 6.06. The molecule has 0 amide bonds. The lowest BCUT2D eigenvalue weighted by Crippen LogP contribution is -2.07. The molecule has 13 heavy (non-hydrogen) atoms. The summed E-state index contributed by atoms with van der Waals surface area (Å²) >= 11 is 2.55. The van der Waals surface area contributed by atoms with Crippen LogP contribution >= 0.6 is 22.6 Å². The van der Waals surface area contributed by atoms with Crippen LogP contribution in [0.4, 0.5) is 0 Å². The van der Waals surface area contributed by atoms with E-state index >= 15 is 0 Å². The van der Waals surface area contributed by atoms with Crippen molar-refractivity contribution in [2.45, 2.75) is 75.6 Å². The van der Waals surface area contributed by atoms with Gasteiger partial charge in [-0.05, 0) is 6.42 Å². The van der Waals surface area contributed by atoms with Crippen LogP contribution < -0.4 is 0 Å². The first-order valence-electron chi connectivity index (χ1n) is 5.75. The first kappa shape index (κ1) is 13.7. The van der Waals surface area contributed by atoms with Gasteiger partial charge in [0.15, 0.2) is 0 Å². The van der Waals surface area contributed by atoms with Crippen LogP contribution in [0.1, 0.15) is 72.1 Å². The Morgan fingerprint density at radius 2 is 1.31 bits per heavy atom. The van der Waals surface area contributed by atoms with Gasteiger partial charge < -0.3 is 0 Å². The minimum absolute atomic E-state index is 0.515. The van der Waals surface area contributed by atoms with E-state index in [0.29, 0.717) is 3.42 Å². The molecule has 0 saturated heterocycles. The van der Waals surface area contributed by atoms with Gasteiger partial charge >= 0.3 is 0 Å². The summed E-state index contributed by atoms with van der Waals surface area (Å²) in [5.74, 6) is 0. The van der Waals surface area contributed by atoms with Crippen molar-refractivity contribution in [2.24, 2.45) is 0 Å². The van der Waals surface area contributed by atoms with Crippen LogP contribution in [-0.2, 0) is 0 Å². The van der Waals surface area contributed by atoms with E-state index in [4.69, 9.17) is 0 Å². The number of halogens is 1. The minimum atomic E-state index is 0.515. The summed E-state index contributed by atoms with van der Waals surface area (Å²) in [6.07, 6.45) is 11.4. The lowest BCUT2D eigenvalue weighted by atomic mass is 10.0. The number of rotatable bonds is 8. The van der Waals surface area contributed by atoms with Crippen LogP contribution in [0.25, 0.3) is 0 Å². The Labute approximate surface area is 98.0 Å². The molecule has 0 aromatic rings. The predicted octanol–water partition coefficient (Wildman–Crippen LogP) is 5.34. The van der Waals surface area contributed by atoms with E-state index in [1.54, 1.807) is 0 Å². The van der Waals surface area contributed by atoms with Gasteiger partial charge in [-0.15, -0.1) is 0 Å². The molecule has 0 aliphatic rings. The van der Waals surface area contributed by atoms with Crippen LogP contribution in [0, 0.1) is 0 Å². The lowest BCUT2D eigenvalue weighted by molar-refractivity contribution is 0.547. The maximum Gasteiger partial charge on any atom is 0.0166 e. The molecule has 0 fully saturated rings. The molecule has 80 valence electrons. The minimum Gasteiger partial charge on any atom is -0.0795 e. The third-order valence-electron chi connectivity index (χ3n) is 2.37. The van der Waals surface area contributed by atoms with Gasteiger partial charge in [-0.3, -0.25) is 0 Å². The Morgan fingerprint density at radius 1 is 0.846 bits per heavy atom. The van der Waals surface area contributed by atoms with Crippen molar-refractivity contribution in [2.75, 3.05) is 0 Å². The molecule has 0 radical (unpaired) electrons. The third kappa shape index (κ3) is 12.7. The molecule has 0 saturated carbocycles.